The molecule has 2 heterocycles. The molecule has 4 rings (SSSR count). The van der Waals surface area contributed by atoms with Crippen LogP contribution in [0.25, 0.3) is 10.9 Å². The molecule has 12 heteroatoms. The summed E-state index contributed by atoms with van der Waals surface area (Å²) in [5.74, 6) is -1.04. The summed E-state index contributed by atoms with van der Waals surface area (Å²) in [6, 6.07) is 11.6. The number of carbonyl (C=O) groups is 2. The van der Waals surface area contributed by atoms with Crippen LogP contribution in [-0.2, 0) is 21.5 Å². The minimum absolute atomic E-state index is 0.0402. The predicted octanol–water partition coefficient (Wildman–Crippen LogP) is 4.38. The van der Waals surface area contributed by atoms with E-state index in [0.717, 1.165) is 17.7 Å². The highest BCUT2D eigenvalue weighted by Crippen LogP contribution is 2.31. The number of alkyl halides is 3. The van der Waals surface area contributed by atoms with Crippen LogP contribution in [0.2, 0.25) is 0 Å². The van der Waals surface area contributed by atoms with E-state index in [9.17, 15) is 31.2 Å². The highest BCUT2D eigenvalue weighted by atomic mass is 32.2. The quantitative estimate of drug-likeness (QED) is 0.309. The first-order valence-corrected chi connectivity index (χ1v) is 11.6. The number of carbonyl (C=O) groups excluding carboxylic acids is 2. The van der Waals surface area contributed by atoms with Gasteiger partial charge in [0.05, 0.1) is 6.04 Å². The van der Waals surface area contributed by atoms with Crippen LogP contribution in [0, 0.1) is 0 Å². The summed E-state index contributed by atoms with van der Waals surface area (Å²) < 4.78 is 70.1. The van der Waals surface area contributed by atoms with Gasteiger partial charge >= 0.3 is 21.7 Å². The second-order valence-electron chi connectivity index (χ2n) is 7.65. The number of likely N-dealkylation sites (tertiary alicyclic amines) is 1. The molecule has 2 aromatic carbocycles. The number of aromatic nitrogens is 1. The lowest BCUT2D eigenvalue weighted by molar-refractivity contribution is -0.0500. The maximum absolute atomic E-state index is 13.3. The number of hydrogen-bond acceptors (Lipinski definition) is 6. The van der Waals surface area contributed by atoms with Gasteiger partial charge in [-0.05, 0) is 36.6 Å². The molecule has 0 saturated carbocycles. The van der Waals surface area contributed by atoms with Gasteiger partial charge in [0, 0.05) is 29.2 Å². The van der Waals surface area contributed by atoms with E-state index in [0.29, 0.717) is 24.9 Å². The van der Waals surface area contributed by atoms with E-state index in [1.165, 1.54) is 17.2 Å². The number of ether oxygens (including phenoxy) is 1. The lowest BCUT2D eigenvalue weighted by Crippen LogP contribution is -2.40. The number of rotatable bonds is 6. The number of hydrogen-bond donors (Lipinski definition) is 1. The van der Waals surface area contributed by atoms with Crippen molar-refractivity contribution in [2.45, 2.75) is 31.0 Å². The van der Waals surface area contributed by atoms with Crippen molar-refractivity contribution >= 4 is 32.9 Å². The van der Waals surface area contributed by atoms with Crippen LogP contribution in [0.3, 0.4) is 0 Å². The van der Waals surface area contributed by atoms with Gasteiger partial charge in [0.15, 0.2) is 5.78 Å². The standard InChI is InChI=1S/C22H19F3N2O6S/c23-22(24,25)34(30,31)33-15-8-9-18-16(11-15)17(12-26-18)20(28)19-7-4-10-27(19)21(29)32-13-14-5-2-1-3-6-14/h1-3,5-6,8-9,11-12,19,26H,4,7,10,13H2/t19-/m1/s1. The zero-order valence-corrected chi connectivity index (χ0v) is 18.4. The van der Waals surface area contributed by atoms with Crippen molar-refractivity contribution in [1.29, 1.82) is 0 Å². The van der Waals surface area contributed by atoms with Gasteiger partial charge in [-0.25, -0.2) is 4.79 Å². The van der Waals surface area contributed by atoms with E-state index >= 15 is 0 Å². The third-order valence-electron chi connectivity index (χ3n) is 5.40. The Hall–Kier alpha value is -3.54. The molecule has 3 aromatic rings. The van der Waals surface area contributed by atoms with Crippen LogP contribution in [0.4, 0.5) is 18.0 Å². The minimum Gasteiger partial charge on any atom is -0.445 e. The fourth-order valence-electron chi connectivity index (χ4n) is 3.77. The van der Waals surface area contributed by atoms with Gasteiger partial charge in [-0.15, -0.1) is 0 Å². The van der Waals surface area contributed by atoms with E-state index < -0.39 is 39.3 Å². The maximum atomic E-state index is 13.3. The fourth-order valence-corrected chi connectivity index (χ4v) is 4.22. The summed E-state index contributed by atoms with van der Waals surface area (Å²) in [5, 5.41) is 0.171. The summed E-state index contributed by atoms with van der Waals surface area (Å²) in [6.45, 7) is 0.350. The highest BCUT2D eigenvalue weighted by molar-refractivity contribution is 7.88. The van der Waals surface area contributed by atoms with Crippen LogP contribution in [0.1, 0.15) is 28.8 Å². The van der Waals surface area contributed by atoms with Gasteiger partial charge in [-0.1, -0.05) is 30.3 Å². The molecule has 0 spiro atoms. The molecule has 8 nitrogen and oxygen atoms in total. The largest absolute Gasteiger partial charge is 0.534 e. The van der Waals surface area contributed by atoms with Gasteiger partial charge in [0.25, 0.3) is 0 Å². The van der Waals surface area contributed by atoms with Crippen molar-refractivity contribution in [3.8, 4) is 5.75 Å². The summed E-state index contributed by atoms with van der Waals surface area (Å²) in [7, 11) is -5.87. The van der Waals surface area contributed by atoms with Gasteiger partial charge in [-0.3, -0.25) is 9.69 Å². The number of ketones is 1. The fraction of sp³-hybridized carbons (Fsp3) is 0.273. The van der Waals surface area contributed by atoms with Crippen molar-refractivity contribution in [2.75, 3.05) is 6.54 Å². The summed E-state index contributed by atoms with van der Waals surface area (Å²) >= 11 is 0. The van der Waals surface area contributed by atoms with Crippen molar-refractivity contribution in [2.24, 2.45) is 0 Å². The number of aromatic amines is 1. The zero-order valence-electron chi connectivity index (χ0n) is 17.5. The molecule has 1 aliphatic heterocycles. The lowest BCUT2D eigenvalue weighted by Gasteiger charge is -2.23. The van der Waals surface area contributed by atoms with Crippen molar-refractivity contribution in [1.82, 2.24) is 9.88 Å². The van der Waals surface area contributed by atoms with Gasteiger partial charge in [0.1, 0.15) is 12.4 Å². The van der Waals surface area contributed by atoms with Crippen molar-refractivity contribution in [3.63, 3.8) is 0 Å². The molecule has 1 aromatic heterocycles. The zero-order chi connectivity index (χ0) is 24.5. The van der Waals surface area contributed by atoms with Crippen LogP contribution >= 0.6 is 0 Å². The van der Waals surface area contributed by atoms with E-state index in [1.807, 2.05) is 6.07 Å². The van der Waals surface area contributed by atoms with Crippen LogP contribution in [0.5, 0.6) is 5.75 Å². The highest BCUT2D eigenvalue weighted by Gasteiger charge is 2.48. The minimum atomic E-state index is -5.87. The summed E-state index contributed by atoms with van der Waals surface area (Å²) in [6.07, 6.45) is 1.66. The van der Waals surface area contributed by atoms with E-state index in [2.05, 4.69) is 9.17 Å². The van der Waals surface area contributed by atoms with E-state index in [1.54, 1.807) is 24.3 Å². The average molecular weight is 496 g/mol. The third-order valence-corrected chi connectivity index (χ3v) is 6.38. The smallest absolute Gasteiger partial charge is 0.445 e. The molecule has 0 unspecified atom stereocenters. The number of Topliss-reactive ketones (excluding diaryl/α,β-unsaturated/α-hetero) is 1. The Labute approximate surface area is 192 Å². The average Bonchev–Trinajstić information content (AvgIpc) is 3.44. The van der Waals surface area contributed by atoms with E-state index in [4.69, 9.17) is 4.74 Å². The Balaban J connectivity index is 1.54. The summed E-state index contributed by atoms with van der Waals surface area (Å²) in [5.41, 5.74) is -4.33. The third kappa shape index (κ3) is 4.72. The molecule has 34 heavy (non-hydrogen) atoms. The molecule has 1 amide bonds. The molecule has 1 fully saturated rings. The van der Waals surface area contributed by atoms with Crippen LogP contribution in [0.15, 0.2) is 54.7 Å². The van der Waals surface area contributed by atoms with Crippen molar-refractivity contribution < 1.29 is 40.1 Å². The Bertz CT molecular complexity index is 1320. The van der Waals surface area contributed by atoms with Gasteiger partial charge in [-0.2, -0.15) is 21.6 Å². The topological polar surface area (TPSA) is 106 Å². The molecular formula is C22H19F3N2O6S. The number of nitrogens with zero attached hydrogens (tertiary/aromatic N) is 1. The number of nitrogens with one attached hydrogen (secondary N) is 1. The Morgan fingerprint density at radius 1 is 1.12 bits per heavy atom. The monoisotopic (exact) mass is 496 g/mol. The van der Waals surface area contributed by atoms with Crippen LogP contribution in [-0.4, -0.2) is 48.3 Å². The first-order valence-electron chi connectivity index (χ1n) is 10.2. The van der Waals surface area contributed by atoms with Gasteiger partial charge < -0.3 is 13.9 Å². The first-order chi connectivity index (χ1) is 16.1. The Morgan fingerprint density at radius 3 is 2.56 bits per heavy atom. The number of halogens is 3. The molecule has 180 valence electrons. The molecule has 1 N–H and O–H groups in total. The number of H-pyrrole nitrogens is 1. The molecule has 0 bridgehead atoms. The SMILES string of the molecule is O=C(c1c[nH]c2ccc(OS(=O)(=O)C(F)(F)F)cc12)[C@H]1CCCN1C(=O)OCc1ccccc1. The predicted molar refractivity (Wildman–Crippen MR) is 115 cm³/mol. The van der Waals surface area contributed by atoms with Crippen molar-refractivity contribution in [3.05, 3.63) is 65.9 Å². The molecule has 1 aliphatic rings. The number of benzene rings is 2. The summed E-state index contributed by atoms with van der Waals surface area (Å²) in [4.78, 5) is 30.0. The van der Waals surface area contributed by atoms with E-state index in [-0.39, 0.29) is 17.6 Å². The molecule has 1 atom stereocenters. The number of amides is 1. The second-order valence-corrected chi connectivity index (χ2v) is 9.19. The lowest BCUT2D eigenvalue weighted by atomic mass is 10.0. The number of fused-ring (bicyclic) bond motifs is 1. The Morgan fingerprint density at radius 2 is 1.85 bits per heavy atom. The maximum Gasteiger partial charge on any atom is 0.534 e. The Kier molecular flexibility index (Phi) is 6.26. The molecule has 0 aliphatic carbocycles. The molecule has 0 radical (unpaired) electrons. The first kappa shape index (κ1) is 23.6. The van der Waals surface area contributed by atoms with Gasteiger partial charge in [0.2, 0.25) is 0 Å². The van der Waals surface area contributed by atoms with Crippen LogP contribution < -0.4 is 4.18 Å². The normalized spacial score (nSPS) is 16.6. The molecular weight excluding hydrogens is 477 g/mol. The second kappa shape index (κ2) is 9.01. The molecule has 1 saturated heterocycles.